The normalized spacial score (nSPS) is 7.56. The fourth-order valence-corrected chi connectivity index (χ4v) is 0. The smallest absolute Gasteiger partial charge is 0.327 e. The highest BCUT2D eigenvalue weighted by molar-refractivity contribution is 7.80. The molecule has 0 aromatic rings. The van der Waals surface area contributed by atoms with Crippen LogP contribution in [0, 0.1) is 0 Å². The van der Waals surface area contributed by atoms with Crippen molar-refractivity contribution in [2.75, 3.05) is 0 Å². The number of aliphatic carboxylic acids is 1. The lowest BCUT2D eigenvalue weighted by Gasteiger charge is -1.78. The van der Waals surface area contributed by atoms with Crippen LogP contribution >= 0.6 is 12.6 Å². The zero-order valence-corrected chi connectivity index (χ0v) is 6.56. The molecule has 0 fully saturated rings. The average molecular weight is 148 g/mol. The average Bonchev–Trinajstić information content (AvgIpc) is 1.65. The second kappa shape index (κ2) is 7.56. The quantitative estimate of drug-likeness (QED) is 0.437. The van der Waals surface area contributed by atoms with Crippen LogP contribution in [0.3, 0.4) is 0 Å². The molecule has 0 heterocycles. The van der Waals surface area contributed by atoms with Crippen LogP contribution in [0.15, 0.2) is 12.7 Å². The molecule has 0 aromatic heterocycles. The Morgan fingerprint density at radius 1 is 1.78 bits per heavy atom. The second-order valence-electron chi connectivity index (χ2n) is 1.64. The lowest BCUT2D eigenvalue weighted by Crippen LogP contribution is -1.82. The summed E-state index contributed by atoms with van der Waals surface area (Å²) in [5.74, 6) is -0.981. The van der Waals surface area contributed by atoms with E-state index in [1.54, 1.807) is 0 Å². The predicted octanol–water partition coefficient (Wildman–Crippen LogP) is 1.58. The van der Waals surface area contributed by atoms with Gasteiger partial charge >= 0.3 is 5.97 Å². The topological polar surface area (TPSA) is 37.3 Å². The Bertz CT molecular complexity index is 86.3. The van der Waals surface area contributed by atoms with Gasteiger partial charge in [0.15, 0.2) is 0 Å². The Hall–Kier alpha value is -0.440. The van der Waals surface area contributed by atoms with Crippen LogP contribution in [0.1, 0.15) is 13.8 Å². The van der Waals surface area contributed by atoms with E-state index in [4.69, 9.17) is 5.11 Å². The van der Waals surface area contributed by atoms with E-state index >= 15 is 0 Å². The van der Waals surface area contributed by atoms with E-state index in [1.807, 2.05) is 13.8 Å². The Morgan fingerprint density at radius 2 is 1.89 bits per heavy atom. The van der Waals surface area contributed by atoms with Crippen molar-refractivity contribution in [3.63, 3.8) is 0 Å². The number of carboxylic acids is 1. The van der Waals surface area contributed by atoms with Gasteiger partial charge < -0.3 is 5.11 Å². The van der Waals surface area contributed by atoms with Crippen molar-refractivity contribution in [3.8, 4) is 0 Å². The lowest BCUT2D eigenvalue weighted by atomic mass is 10.6. The molecule has 9 heavy (non-hydrogen) atoms. The summed E-state index contributed by atoms with van der Waals surface area (Å²) in [6.45, 7) is 7.02. The lowest BCUT2D eigenvalue weighted by molar-refractivity contribution is -0.131. The van der Waals surface area contributed by atoms with Crippen molar-refractivity contribution >= 4 is 18.6 Å². The fraction of sp³-hybridized carbons (Fsp3) is 0.500. The van der Waals surface area contributed by atoms with Gasteiger partial charge in [-0.2, -0.15) is 12.6 Å². The third kappa shape index (κ3) is 96.0. The maximum Gasteiger partial charge on any atom is 0.327 e. The molecule has 0 unspecified atom stereocenters. The van der Waals surface area contributed by atoms with E-state index in [-0.39, 0.29) is 0 Å². The standard InChI is InChI=1S/C3H4O2.C3H8S/c1-2-3(4)5;1-3(2)4/h2H,1H2,(H,4,5);3-4H,1-2H3. The van der Waals surface area contributed by atoms with Gasteiger partial charge in [0.25, 0.3) is 0 Å². The summed E-state index contributed by atoms with van der Waals surface area (Å²) < 4.78 is 0. The summed E-state index contributed by atoms with van der Waals surface area (Å²) in [6, 6.07) is 0. The van der Waals surface area contributed by atoms with Gasteiger partial charge in [0, 0.05) is 6.08 Å². The number of hydrogen-bond donors (Lipinski definition) is 2. The highest BCUT2D eigenvalue weighted by atomic mass is 32.1. The molecule has 0 aromatic carbocycles. The number of hydrogen-bond acceptors (Lipinski definition) is 2. The largest absolute Gasteiger partial charge is 0.478 e. The monoisotopic (exact) mass is 148 g/mol. The van der Waals surface area contributed by atoms with Gasteiger partial charge in [0.05, 0.1) is 0 Å². The molecule has 3 heteroatoms. The van der Waals surface area contributed by atoms with Crippen molar-refractivity contribution in [2.24, 2.45) is 0 Å². The minimum atomic E-state index is -0.981. The maximum absolute atomic E-state index is 9.25. The molecular weight excluding hydrogens is 136 g/mol. The minimum Gasteiger partial charge on any atom is -0.478 e. The van der Waals surface area contributed by atoms with E-state index in [0.29, 0.717) is 5.25 Å². The Kier molecular flexibility index (Phi) is 9.55. The van der Waals surface area contributed by atoms with E-state index < -0.39 is 5.97 Å². The van der Waals surface area contributed by atoms with Crippen molar-refractivity contribution < 1.29 is 9.90 Å². The van der Waals surface area contributed by atoms with Gasteiger partial charge in [-0.05, 0) is 5.25 Å². The zero-order valence-electron chi connectivity index (χ0n) is 5.66. The van der Waals surface area contributed by atoms with Crippen LogP contribution in [-0.4, -0.2) is 16.3 Å². The molecule has 0 saturated heterocycles. The summed E-state index contributed by atoms with van der Waals surface area (Å²) in [5, 5.41) is 8.13. The first-order chi connectivity index (χ1) is 4.00. The summed E-state index contributed by atoms with van der Waals surface area (Å²) in [7, 11) is 0. The third-order valence-electron chi connectivity index (χ3n) is 0.175. The third-order valence-corrected chi connectivity index (χ3v) is 0.175. The summed E-state index contributed by atoms with van der Waals surface area (Å²) in [6.07, 6.45) is 0.833. The highest BCUT2D eigenvalue weighted by Crippen LogP contribution is 1.83. The van der Waals surface area contributed by atoms with Crippen LogP contribution < -0.4 is 0 Å². The zero-order chi connectivity index (χ0) is 7.86. The molecule has 0 atom stereocenters. The first kappa shape index (κ1) is 11.4. The van der Waals surface area contributed by atoms with Crippen molar-refractivity contribution in [1.82, 2.24) is 0 Å². The SMILES string of the molecule is C=CC(=O)O.CC(C)S. The molecule has 2 nitrogen and oxygen atoms in total. The van der Waals surface area contributed by atoms with Crippen LogP contribution in [0.4, 0.5) is 0 Å². The predicted molar refractivity (Wildman–Crippen MR) is 42.0 cm³/mol. The van der Waals surface area contributed by atoms with Crippen LogP contribution in [0.2, 0.25) is 0 Å². The van der Waals surface area contributed by atoms with E-state index in [1.165, 1.54) is 0 Å². The van der Waals surface area contributed by atoms with Gasteiger partial charge in [-0.3, -0.25) is 0 Å². The van der Waals surface area contributed by atoms with Crippen LogP contribution in [0.25, 0.3) is 0 Å². The molecule has 0 aliphatic rings. The van der Waals surface area contributed by atoms with E-state index in [2.05, 4.69) is 19.2 Å². The summed E-state index contributed by atoms with van der Waals surface area (Å²) in [5.41, 5.74) is 0. The van der Waals surface area contributed by atoms with Crippen LogP contribution in [0.5, 0.6) is 0 Å². The van der Waals surface area contributed by atoms with E-state index in [9.17, 15) is 4.79 Å². The Morgan fingerprint density at radius 3 is 1.89 bits per heavy atom. The number of carboxylic acid groups (broad SMARTS) is 1. The number of thiol groups is 1. The van der Waals surface area contributed by atoms with E-state index in [0.717, 1.165) is 6.08 Å². The first-order valence-corrected chi connectivity index (χ1v) is 3.05. The first-order valence-electron chi connectivity index (χ1n) is 2.54. The second-order valence-corrected chi connectivity index (χ2v) is 2.67. The summed E-state index contributed by atoms with van der Waals surface area (Å²) in [4.78, 5) is 9.25. The van der Waals surface area contributed by atoms with Gasteiger partial charge in [-0.15, -0.1) is 0 Å². The molecule has 0 saturated carbocycles. The fourth-order valence-electron chi connectivity index (χ4n) is 0. The number of carbonyl (C=O) groups is 1. The molecule has 0 spiro atoms. The molecule has 0 amide bonds. The maximum atomic E-state index is 9.25. The Labute approximate surface area is 61.0 Å². The van der Waals surface area contributed by atoms with Gasteiger partial charge in [-0.1, -0.05) is 20.4 Å². The summed E-state index contributed by atoms with van der Waals surface area (Å²) >= 11 is 3.97. The molecule has 1 N–H and O–H groups in total. The van der Waals surface area contributed by atoms with Crippen LogP contribution in [-0.2, 0) is 4.79 Å². The number of rotatable bonds is 1. The van der Waals surface area contributed by atoms with Crippen molar-refractivity contribution in [2.45, 2.75) is 19.1 Å². The molecule has 0 rings (SSSR count). The molecule has 0 aliphatic heterocycles. The van der Waals surface area contributed by atoms with Crippen molar-refractivity contribution in [1.29, 1.82) is 0 Å². The molecular formula is C6H12O2S. The molecule has 0 bridgehead atoms. The highest BCUT2D eigenvalue weighted by Gasteiger charge is 1.73. The van der Waals surface area contributed by atoms with Crippen molar-refractivity contribution in [3.05, 3.63) is 12.7 Å². The van der Waals surface area contributed by atoms with Gasteiger partial charge in [0.1, 0.15) is 0 Å². The molecule has 0 aliphatic carbocycles. The molecule has 54 valence electrons. The van der Waals surface area contributed by atoms with Gasteiger partial charge in [-0.25, -0.2) is 4.79 Å². The van der Waals surface area contributed by atoms with Gasteiger partial charge in [0.2, 0.25) is 0 Å². The molecule has 0 radical (unpaired) electrons. The Balaban J connectivity index is 0. The minimum absolute atomic E-state index is 0.528.